The summed E-state index contributed by atoms with van der Waals surface area (Å²) < 4.78 is 5.26. The lowest BCUT2D eigenvalue weighted by Gasteiger charge is -2.22. The van der Waals surface area contributed by atoms with Gasteiger partial charge in [-0.25, -0.2) is 0 Å². The zero-order valence-electron chi connectivity index (χ0n) is 16.0. The maximum atomic E-state index is 12.7. The molecule has 142 valence electrons. The molecule has 2 aromatic carbocycles. The molecule has 0 unspecified atom stereocenters. The number of hydrogen-bond acceptors (Lipinski definition) is 3. The van der Waals surface area contributed by atoms with Gasteiger partial charge in [-0.2, -0.15) is 0 Å². The molecular formula is C22H25ClN2O2. The molecule has 0 spiro atoms. The smallest absolute Gasteiger partial charge is 0.189 e. The Kier molecular flexibility index (Phi) is 6.32. The van der Waals surface area contributed by atoms with Gasteiger partial charge in [0.2, 0.25) is 0 Å². The largest absolute Gasteiger partial charge is 0.383 e. The van der Waals surface area contributed by atoms with Crippen LogP contribution in [0.5, 0.6) is 0 Å². The summed E-state index contributed by atoms with van der Waals surface area (Å²) in [6, 6.07) is 13.6. The minimum absolute atomic E-state index is 0.0677. The Balaban J connectivity index is 1.89. The Morgan fingerprint density at radius 3 is 2.44 bits per heavy atom. The van der Waals surface area contributed by atoms with Crippen molar-refractivity contribution in [3.63, 3.8) is 0 Å². The normalized spacial score (nSPS) is 11.4. The van der Waals surface area contributed by atoms with Gasteiger partial charge in [-0.1, -0.05) is 35.9 Å². The Morgan fingerprint density at radius 1 is 1.04 bits per heavy atom. The van der Waals surface area contributed by atoms with E-state index in [9.17, 15) is 4.79 Å². The molecule has 0 aliphatic carbocycles. The first-order valence-corrected chi connectivity index (χ1v) is 9.43. The summed E-state index contributed by atoms with van der Waals surface area (Å²) in [7, 11) is 1.70. The molecule has 27 heavy (non-hydrogen) atoms. The van der Waals surface area contributed by atoms with E-state index in [1.807, 2.05) is 50.2 Å². The summed E-state index contributed by atoms with van der Waals surface area (Å²) in [5, 5.41) is 1.51. The van der Waals surface area contributed by atoms with Crippen molar-refractivity contribution >= 4 is 22.5 Å². The minimum Gasteiger partial charge on any atom is -0.383 e. The predicted molar refractivity (Wildman–Crippen MR) is 111 cm³/mol. The molecular weight excluding hydrogens is 360 g/mol. The number of hydrogen-bond donors (Lipinski definition) is 1. The van der Waals surface area contributed by atoms with E-state index in [1.165, 1.54) is 5.56 Å². The van der Waals surface area contributed by atoms with Gasteiger partial charge in [0.1, 0.15) is 0 Å². The Morgan fingerprint density at radius 2 is 1.74 bits per heavy atom. The number of aromatic amines is 1. The summed E-state index contributed by atoms with van der Waals surface area (Å²) in [5.74, 6) is 0. The van der Waals surface area contributed by atoms with Gasteiger partial charge in [0.15, 0.2) is 5.43 Å². The van der Waals surface area contributed by atoms with Crippen molar-refractivity contribution in [2.75, 3.05) is 20.3 Å². The van der Waals surface area contributed by atoms with Gasteiger partial charge in [-0.05, 0) is 42.7 Å². The monoisotopic (exact) mass is 384 g/mol. The third kappa shape index (κ3) is 4.78. The molecule has 3 rings (SSSR count). The highest BCUT2D eigenvalue weighted by atomic mass is 35.5. The summed E-state index contributed by atoms with van der Waals surface area (Å²) >= 11 is 5.99. The van der Waals surface area contributed by atoms with E-state index in [1.54, 1.807) is 13.2 Å². The van der Waals surface area contributed by atoms with Crippen molar-refractivity contribution in [1.29, 1.82) is 0 Å². The molecule has 5 heteroatoms. The van der Waals surface area contributed by atoms with Crippen LogP contribution in [0.15, 0.2) is 47.3 Å². The molecule has 3 aromatic rings. The second kappa shape index (κ2) is 8.70. The zero-order valence-corrected chi connectivity index (χ0v) is 16.8. The second-order valence-electron chi connectivity index (χ2n) is 6.94. The highest BCUT2D eigenvalue weighted by Crippen LogP contribution is 2.19. The van der Waals surface area contributed by atoms with Crippen molar-refractivity contribution in [1.82, 2.24) is 9.88 Å². The van der Waals surface area contributed by atoms with E-state index in [2.05, 4.69) is 9.88 Å². The van der Waals surface area contributed by atoms with Crippen LogP contribution in [-0.2, 0) is 17.8 Å². The number of nitrogens with one attached hydrogen (secondary N) is 1. The highest BCUT2D eigenvalue weighted by molar-refractivity contribution is 6.30. The van der Waals surface area contributed by atoms with Crippen LogP contribution in [0.2, 0.25) is 5.02 Å². The average Bonchev–Trinajstić information content (AvgIpc) is 2.64. The number of rotatable bonds is 7. The SMILES string of the molecule is COCCN(Cc1ccc(Cl)cc1)Cc1cc(=O)c2c(C)ccc(C)c2[nH]1. The van der Waals surface area contributed by atoms with Crippen molar-refractivity contribution in [3.8, 4) is 0 Å². The Labute approximate surface area is 164 Å². The number of benzene rings is 2. The van der Waals surface area contributed by atoms with Crippen molar-refractivity contribution < 1.29 is 4.74 Å². The number of nitrogens with zero attached hydrogens (tertiary/aromatic N) is 1. The van der Waals surface area contributed by atoms with Crippen LogP contribution in [0.3, 0.4) is 0 Å². The zero-order chi connectivity index (χ0) is 19.4. The fraction of sp³-hybridized carbons (Fsp3) is 0.318. The van der Waals surface area contributed by atoms with Crippen LogP contribution in [0.1, 0.15) is 22.4 Å². The topological polar surface area (TPSA) is 45.3 Å². The van der Waals surface area contributed by atoms with Gasteiger partial charge < -0.3 is 9.72 Å². The third-order valence-electron chi connectivity index (χ3n) is 4.78. The number of H-pyrrole nitrogens is 1. The molecule has 1 heterocycles. The molecule has 0 atom stereocenters. The van der Waals surface area contributed by atoms with Gasteiger partial charge >= 0.3 is 0 Å². The maximum absolute atomic E-state index is 12.7. The molecule has 0 saturated heterocycles. The van der Waals surface area contributed by atoms with E-state index in [0.717, 1.165) is 45.8 Å². The van der Waals surface area contributed by atoms with E-state index in [4.69, 9.17) is 16.3 Å². The summed E-state index contributed by atoms with van der Waals surface area (Å²) in [4.78, 5) is 18.4. The summed E-state index contributed by atoms with van der Waals surface area (Å²) in [6.45, 7) is 6.80. The molecule has 1 N–H and O–H groups in total. The van der Waals surface area contributed by atoms with Gasteiger partial charge in [0.05, 0.1) is 12.1 Å². The molecule has 0 fully saturated rings. The van der Waals surface area contributed by atoms with E-state index in [-0.39, 0.29) is 5.43 Å². The fourth-order valence-electron chi connectivity index (χ4n) is 3.33. The number of ether oxygens (including phenoxy) is 1. The van der Waals surface area contributed by atoms with Gasteiger partial charge in [-0.15, -0.1) is 0 Å². The second-order valence-corrected chi connectivity index (χ2v) is 7.37. The molecule has 1 aromatic heterocycles. The lowest BCUT2D eigenvalue weighted by atomic mass is 10.0. The number of methoxy groups -OCH3 is 1. The standard InChI is InChI=1S/C22H25ClN2O2/c1-15-4-5-16(2)22-21(15)20(26)12-19(24-22)14-25(10-11-27-3)13-17-6-8-18(23)9-7-17/h4-9,12H,10-11,13-14H2,1-3H3,(H,24,26). The Bertz CT molecular complexity index is 980. The lowest BCUT2D eigenvalue weighted by Crippen LogP contribution is -2.27. The molecule has 0 bridgehead atoms. The van der Waals surface area contributed by atoms with Crippen LogP contribution in [0, 0.1) is 13.8 Å². The lowest BCUT2D eigenvalue weighted by molar-refractivity contribution is 0.139. The van der Waals surface area contributed by atoms with E-state index < -0.39 is 0 Å². The van der Waals surface area contributed by atoms with Gasteiger partial charge in [0.25, 0.3) is 0 Å². The predicted octanol–water partition coefficient (Wildman–Crippen LogP) is 4.45. The number of aryl methyl sites for hydroxylation is 2. The first kappa shape index (κ1) is 19.6. The minimum atomic E-state index is 0.0677. The molecule has 0 amide bonds. The van der Waals surface area contributed by atoms with Crippen molar-refractivity contribution in [3.05, 3.63) is 80.1 Å². The first-order valence-electron chi connectivity index (χ1n) is 9.06. The number of halogens is 1. The number of aromatic nitrogens is 1. The van der Waals surface area contributed by atoms with Crippen LogP contribution in [0.4, 0.5) is 0 Å². The van der Waals surface area contributed by atoms with E-state index in [0.29, 0.717) is 13.2 Å². The molecule has 0 radical (unpaired) electrons. The molecule has 4 nitrogen and oxygen atoms in total. The van der Waals surface area contributed by atoms with E-state index >= 15 is 0 Å². The molecule has 0 saturated carbocycles. The van der Waals surface area contributed by atoms with Crippen LogP contribution in [-0.4, -0.2) is 30.1 Å². The molecule has 0 aliphatic heterocycles. The number of pyridine rings is 1. The number of fused-ring (bicyclic) bond motifs is 1. The van der Waals surface area contributed by atoms with Crippen LogP contribution < -0.4 is 5.43 Å². The van der Waals surface area contributed by atoms with Crippen molar-refractivity contribution in [2.45, 2.75) is 26.9 Å². The van der Waals surface area contributed by atoms with Crippen LogP contribution in [0.25, 0.3) is 10.9 Å². The third-order valence-corrected chi connectivity index (χ3v) is 5.04. The van der Waals surface area contributed by atoms with Crippen LogP contribution >= 0.6 is 11.6 Å². The average molecular weight is 385 g/mol. The summed E-state index contributed by atoms with van der Waals surface area (Å²) in [5.41, 5.74) is 5.15. The first-order chi connectivity index (χ1) is 13.0. The van der Waals surface area contributed by atoms with Gasteiger partial charge in [0, 0.05) is 48.9 Å². The summed E-state index contributed by atoms with van der Waals surface area (Å²) in [6.07, 6.45) is 0. The highest BCUT2D eigenvalue weighted by Gasteiger charge is 2.11. The van der Waals surface area contributed by atoms with Gasteiger partial charge in [-0.3, -0.25) is 9.69 Å². The maximum Gasteiger partial charge on any atom is 0.189 e. The quantitative estimate of drug-likeness (QED) is 0.654. The molecule has 0 aliphatic rings. The fourth-order valence-corrected chi connectivity index (χ4v) is 3.45. The Hall–Kier alpha value is -2.14. The van der Waals surface area contributed by atoms with Crippen molar-refractivity contribution in [2.24, 2.45) is 0 Å².